The van der Waals surface area contributed by atoms with E-state index in [4.69, 9.17) is 16.3 Å². The van der Waals surface area contributed by atoms with E-state index in [0.717, 1.165) is 23.8 Å². The molecule has 0 bridgehead atoms. The lowest BCUT2D eigenvalue weighted by Crippen LogP contribution is -2.28. The lowest BCUT2D eigenvalue weighted by Gasteiger charge is -2.14. The molecule has 0 aromatic heterocycles. The summed E-state index contributed by atoms with van der Waals surface area (Å²) in [4.78, 5) is 26.3. The van der Waals surface area contributed by atoms with Gasteiger partial charge in [-0.15, -0.1) is 0 Å². The minimum absolute atomic E-state index is 0.115. The van der Waals surface area contributed by atoms with Crippen molar-refractivity contribution in [3.63, 3.8) is 0 Å². The minimum atomic E-state index is -0.556. The van der Waals surface area contributed by atoms with Gasteiger partial charge in [0.15, 0.2) is 0 Å². The van der Waals surface area contributed by atoms with Gasteiger partial charge in [-0.25, -0.2) is 4.39 Å². The lowest BCUT2D eigenvalue weighted by molar-refractivity contribution is -0.123. The molecule has 2 amide bonds. The van der Waals surface area contributed by atoms with E-state index in [0.29, 0.717) is 11.3 Å². The maximum Gasteiger partial charge on any atom is 0.293 e. The molecule has 4 nitrogen and oxygen atoms in total. The Hall–Kier alpha value is -0.850. The van der Waals surface area contributed by atoms with Crippen LogP contribution in [-0.2, 0) is 11.3 Å². The molecule has 1 heterocycles. The first-order valence-corrected chi connectivity index (χ1v) is 10.9. The zero-order valence-electron chi connectivity index (χ0n) is 13.8. The highest BCUT2D eigenvalue weighted by Crippen LogP contribution is 2.37. The Labute approximate surface area is 191 Å². The van der Waals surface area contributed by atoms with Crippen LogP contribution < -0.4 is 4.74 Å². The van der Waals surface area contributed by atoms with Gasteiger partial charge in [0, 0.05) is 19.7 Å². The highest BCUT2D eigenvalue weighted by atomic mass is 127. The van der Waals surface area contributed by atoms with Gasteiger partial charge in [-0.2, -0.15) is 0 Å². The standard InChI is InChI=1S/C18H11ClFI2NO3S/c1-26-16-9(5-10(21)7-14(16)22)6-15-17(24)23(18(25)27-15)8-11-12(19)3-2-4-13(11)20/h2-7H,8H2,1H3/b15-6+. The lowest BCUT2D eigenvalue weighted by atomic mass is 10.1. The number of hydrogen-bond donors (Lipinski definition) is 0. The van der Waals surface area contributed by atoms with E-state index in [9.17, 15) is 14.0 Å². The van der Waals surface area contributed by atoms with Crippen molar-refractivity contribution in [1.29, 1.82) is 0 Å². The molecule has 1 aliphatic heterocycles. The molecule has 0 radical (unpaired) electrons. The van der Waals surface area contributed by atoms with E-state index in [2.05, 4.69) is 45.2 Å². The van der Waals surface area contributed by atoms with Crippen molar-refractivity contribution >= 4 is 85.8 Å². The third kappa shape index (κ3) is 4.43. The fraction of sp³-hybridized carbons (Fsp3) is 0.111. The number of imide groups is 1. The molecule has 1 saturated heterocycles. The first kappa shape index (κ1) is 20.9. The average Bonchev–Trinajstić information content (AvgIpc) is 2.85. The molecule has 140 valence electrons. The van der Waals surface area contributed by atoms with Crippen molar-refractivity contribution in [3.8, 4) is 5.75 Å². The average molecular weight is 630 g/mol. The van der Waals surface area contributed by atoms with Crippen LogP contribution in [0.2, 0.25) is 5.02 Å². The Morgan fingerprint density at radius 1 is 1.30 bits per heavy atom. The summed E-state index contributed by atoms with van der Waals surface area (Å²) in [6, 6.07) is 8.05. The molecule has 2 aromatic carbocycles. The zero-order valence-corrected chi connectivity index (χ0v) is 19.7. The second kappa shape index (κ2) is 8.66. The minimum Gasteiger partial charge on any atom is -0.495 e. The quantitative estimate of drug-likeness (QED) is 0.311. The Morgan fingerprint density at radius 2 is 2.04 bits per heavy atom. The third-order valence-electron chi connectivity index (χ3n) is 3.78. The SMILES string of the molecule is COc1c(I)cc(I)cc1/C=C1/SC(=O)N(Cc2c(F)cccc2Cl)C1=O. The van der Waals surface area contributed by atoms with Crippen LogP contribution >= 0.6 is 68.5 Å². The molecule has 27 heavy (non-hydrogen) atoms. The van der Waals surface area contributed by atoms with Crippen LogP contribution in [-0.4, -0.2) is 23.2 Å². The maximum atomic E-state index is 14.0. The molecule has 3 rings (SSSR count). The number of nitrogens with zero attached hydrogens (tertiary/aromatic N) is 1. The van der Waals surface area contributed by atoms with Gasteiger partial charge in [0.25, 0.3) is 11.1 Å². The predicted octanol–water partition coefficient (Wildman–Crippen LogP) is 5.93. The normalized spacial score (nSPS) is 15.7. The molecule has 1 aliphatic rings. The van der Waals surface area contributed by atoms with Gasteiger partial charge in [-0.1, -0.05) is 17.7 Å². The molecule has 0 N–H and O–H groups in total. The molecule has 2 aromatic rings. The molecule has 0 unspecified atom stereocenters. The number of carbonyl (C=O) groups excluding carboxylic acids is 2. The number of benzene rings is 2. The fourth-order valence-corrected chi connectivity index (χ4v) is 5.68. The Morgan fingerprint density at radius 3 is 2.70 bits per heavy atom. The number of methoxy groups -OCH3 is 1. The van der Waals surface area contributed by atoms with Crippen molar-refractivity contribution in [2.75, 3.05) is 7.11 Å². The molecule has 0 saturated carbocycles. The Kier molecular flexibility index (Phi) is 6.70. The van der Waals surface area contributed by atoms with Crippen molar-refractivity contribution in [2.45, 2.75) is 6.54 Å². The van der Waals surface area contributed by atoms with E-state index < -0.39 is 17.0 Å². The van der Waals surface area contributed by atoms with Crippen molar-refractivity contribution in [3.05, 3.63) is 64.3 Å². The van der Waals surface area contributed by atoms with Gasteiger partial charge in [-0.05, 0) is 87.3 Å². The van der Waals surface area contributed by atoms with Crippen LogP contribution in [0.5, 0.6) is 5.75 Å². The molecular formula is C18H11ClFI2NO3S. The van der Waals surface area contributed by atoms with Gasteiger partial charge in [0.1, 0.15) is 11.6 Å². The van der Waals surface area contributed by atoms with E-state index in [1.54, 1.807) is 13.2 Å². The number of thioether (sulfide) groups is 1. The van der Waals surface area contributed by atoms with Crippen LogP contribution in [0.15, 0.2) is 35.2 Å². The number of halogens is 4. The topological polar surface area (TPSA) is 46.6 Å². The summed E-state index contributed by atoms with van der Waals surface area (Å²) in [5.74, 6) is -0.417. The highest BCUT2D eigenvalue weighted by Gasteiger charge is 2.36. The Balaban J connectivity index is 1.94. The van der Waals surface area contributed by atoms with Crippen LogP contribution in [0.4, 0.5) is 9.18 Å². The number of rotatable bonds is 4. The van der Waals surface area contributed by atoms with Crippen LogP contribution in [0, 0.1) is 13.0 Å². The van der Waals surface area contributed by atoms with Gasteiger partial charge in [0.2, 0.25) is 0 Å². The van der Waals surface area contributed by atoms with Gasteiger partial charge >= 0.3 is 0 Å². The largest absolute Gasteiger partial charge is 0.495 e. The molecule has 1 fully saturated rings. The third-order valence-corrected chi connectivity index (χ3v) is 6.46. The summed E-state index contributed by atoms with van der Waals surface area (Å²) in [6.45, 7) is -0.214. The summed E-state index contributed by atoms with van der Waals surface area (Å²) in [6.07, 6.45) is 1.62. The number of hydrogen-bond acceptors (Lipinski definition) is 4. The second-order valence-corrected chi connectivity index (χ2v) is 9.29. The number of carbonyl (C=O) groups is 2. The zero-order chi connectivity index (χ0) is 19.7. The van der Waals surface area contributed by atoms with E-state index in [1.165, 1.54) is 18.2 Å². The van der Waals surface area contributed by atoms with Crippen LogP contribution in [0.3, 0.4) is 0 Å². The van der Waals surface area contributed by atoms with Crippen LogP contribution in [0.1, 0.15) is 11.1 Å². The van der Waals surface area contributed by atoms with Gasteiger partial charge in [0.05, 0.1) is 22.1 Å². The fourth-order valence-electron chi connectivity index (χ4n) is 2.52. The van der Waals surface area contributed by atoms with Crippen LogP contribution in [0.25, 0.3) is 6.08 Å². The van der Waals surface area contributed by atoms with E-state index in [-0.39, 0.29) is 22.0 Å². The van der Waals surface area contributed by atoms with E-state index in [1.807, 2.05) is 12.1 Å². The number of amides is 2. The summed E-state index contributed by atoms with van der Waals surface area (Å²) >= 11 is 11.1. The first-order valence-electron chi connectivity index (χ1n) is 7.53. The Bertz CT molecular complexity index is 963. The van der Waals surface area contributed by atoms with Crippen molar-refractivity contribution in [1.82, 2.24) is 4.90 Å². The molecule has 0 spiro atoms. The van der Waals surface area contributed by atoms with Crippen molar-refractivity contribution < 1.29 is 18.7 Å². The van der Waals surface area contributed by atoms with E-state index >= 15 is 0 Å². The molecule has 0 atom stereocenters. The predicted molar refractivity (Wildman–Crippen MR) is 121 cm³/mol. The van der Waals surface area contributed by atoms with Gasteiger partial charge in [-0.3, -0.25) is 14.5 Å². The monoisotopic (exact) mass is 629 g/mol. The molecular weight excluding hydrogens is 619 g/mol. The summed E-state index contributed by atoms with van der Waals surface area (Å²) in [5, 5.41) is -0.295. The first-order chi connectivity index (χ1) is 12.8. The summed E-state index contributed by atoms with van der Waals surface area (Å²) in [7, 11) is 1.55. The molecule has 0 aliphatic carbocycles. The number of ether oxygens (including phenoxy) is 1. The maximum absolute atomic E-state index is 14.0. The molecule has 9 heteroatoms. The van der Waals surface area contributed by atoms with Crippen molar-refractivity contribution in [2.24, 2.45) is 0 Å². The highest BCUT2D eigenvalue weighted by molar-refractivity contribution is 14.1. The van der Waals surface area contributed by atoms with Gasteiger partial charge < -0.3 is 4.74 Å². The summed E-state index contributed by atoms with van der Waals surface area (Å²) in [5.41, 5.74) is 0.812. The second-order valence-electron chi connectivity index (χ2n) is 5.48. The summed E-state index contributed by atoms with van der Waals surface area (Å²) < 4.78 is 21.3. The smallest absolute Gasteiger partial charge is 0.293 e.